The van der Waals surface area contributed by atoms with Gasteiger partial charge in [-0.1, -0.05) is 13.3 Å². The largest absolute Gasteiger partial charge is 0.477 e. The second-order valence-electron chi connectivity index (χ2n) is 4.02. The average Bonchev–Trinajstić information content (AvgIpc) is 2.68. The minimum Gasteiger partial charge on any atom is -0.477 e. The van der Waals surface area contributed by atoms with Crippen LogP contribution >= 0.6 is 11.3 Å². The van der Waals surface area contributed by atoms with Crippen molar-refractivity contribution in [2.24, 2.45) is 0 Å². The summed E-state index contributed by atoms with van der Waals surface area (Å²) in [7, 11) is -2.06. The van der Waals surface area contributed by atoms with Gasteiger partial charge in [-0.2, -0.15) is 0 Å². The summed E-state index contributed by atoms with van der Waals surface area (Å²) < 4.78 is 25.7. The van der Waals surface area contributed by atoms with Crippen LogP contribution in [0.3, 0.4) is 0 Å². The summed E-state index contributed by atoms with van der Waals surface area (Å²) in [5.74, 6) is -1.10. The monoisotopic (exact) mass is 291 g/mol. The number of thiophene rings is 1. The summed E-state index contributed by atoms with van der Waals surface area (Å²) in [6.45, 7) is 4.05. The van der Waals surface area contributed by atoms with Crippen molar-refractivity contribution in [2.45, 2.75) is 31.6 Å². The smallest absolute Gasteiger partial charge is 0.345 e. The van der Waals surface area contributed by atoms with E-state index < -0.39 is 16.0 Å². The molecule has 102 valence electrons. The van der Waals surface area contributed by atoms with Gasteiger partial charge in [0, 0.05) is 18.5 Å². The van der Waals surface area contributed by atoms with E-state index in [-0.39, 0.29) is 9.77 Å². The van der Waals surface area contributed by atoms with Crippen molar-refractivity contribution in [1.29, 1.82) is 0 Å². The molecule has 0 fully saturated rings. The van der Waals surface area contributed by atoms with Crippen molar-refractivity contribution in [1.82, 2.24) is 4.31 Å². The predicted molar refractivity (Wildman–Crippen MR) is 70.7 cm³/mol. The van der Waals surface area contributed by atoms with Gasteiger partial charge in [0.25, 0.3) is 0 Å². The fourth-order valence-electron chi connectivity index (χ4n) is 1.50. The molecule has 7 heteroatoms. The molecule has 18 heavy (non-hydrogen) atoms. The number of carbonyl (C=O) groups is 1. The van der Waals surface area contributed by atoms with Crippen LogP contribution in [0.2, 0.25) is 0 Å². The van der Waals surface area contributed by atoms with Gasteiger partial charge in [0.2, 0.25) is 10.0 Å². The first kappa shape index (κ1) is 15.1. The molecule has 0 aliphatic heterocycles. The van der Waals surface area contributed by atoms with E-state index in [9.17, 15) is 13.2 Å². The van der Waals surface area contributed by atoms with E-state index in [1.54, 1.807) is 6.92 Å². The number of sulfonamides is 1. The van der Waals surface area contributed by atoms with Crippen LogP contribution in [0.15, 0.2) is 11.0 Å². The number of aromatic carboxylic acids is 1. The number of rotatable bonds is 6. The van der Waals surface area contributed by atoms with E-state index in [2.05, 4.69) is 0 Å². The normalized spacial score (nSPS) is 12.0. The van der Waals surface area contributed by atoms with Crippen molar-refractivity contribution in [3.63, 3.8) is 0 Å². The molecule has 0 aliphatic rings. The number of carboxylic acid groups (broad SMARTS) is 1. The highest BCUT2D eigenvalue weighted by Gasteiger charge is 2.25. The fourth-order valence-corrected chi connectivity index (χ4v) is 4.10. The standard InChI is InChI=1S/C11H17NO4S2/c1-4-5-6-12(3)18(15,16)10-7-9(11(13)14)17-8(10)2/h7H,4-6H2,1-3H3,(H,13,14). The summed E-state index contributed by atoms with van der Waals surface area (Å²) in [6.07, 6.45) is 1.69. The maximum atomic E-state index is 12.2. The Hall–Kier alpha value is -0.920. The lowest BCUT2D eigenvalue weighted by molar-refractivity contribution is 0.0702. The van der Waals surface area contributed by atoms with E-state index in [4.69, 9.17) is 5.11 Å². The first-order chi connectivity index (χ1) is 8.30. The molecular weight excluding hydrogens is 274 g/mol. The van der Waals surface area contributed by atoms with Crippen LogP contribution in [0.4, 0.5) is 0 Å². The SMILES string of the molecule is CCCCN(C)S(=O)(=O)c1cc(C(=O)O)sc1C. The molecule has 5 nitrogen and oxygen atoms in total. The molecule has 0 spiro atoms. The van der Waals surface area contributed by atoms with Crippen LogP contribution in [-0.2, 0) is 10.0 Å². The molecule has 0 atom stereocenters. The zero-order chi connectivity index (χ0) is 13.9. The van der Waals surface area contributed by atoms with Crippen molar-refractivity contribution < 1.29 is 18.3 Å². The fraction of sp³-hybridized carbons (Fsp3) is 0.545. The van der Waals surface area contributed by atoms with Crippen LogP contribution in [0, 0.1) is 6.92 Å². The number of hydrogen-bond donors (Lipinski definition) is 1. The maximum absolute atomic E-state index is 12.2. The van der Waals surface area contributed by atoms with Gasteiger partial charge in [0.1, 0.15) is 4.88 Å². The lowest BCUT2D eigenvalue weighted by Crippen LogP contribution is -2.28. The number of nitrogens with zero attached hydrogens (tertiary/aromatic N) is 1. The van der Waals surface area contributed by atoms with Gasteiger partial charge in [-0.15, -0.1) is 11.3 Å². The molecule has 0 aliphatic carbocycles. The van der Waals surface area contributed by atoms with Crippen LogP contribution < -0.4 is 0 Å². The summed E-state index contributed by atoms with van der Waals surface area (Å²) in [5.41, 5.74) is 0. The number of aryl methyl sites for hydroxylation is 1. The van der Waals surface area contributed by atoms with Crippen molar-refractivity contribution >= 4 is 27.3 Å². The molecule has 0 radical (unpaired) electrons. The Morgan fingerprint density at radius 3 is 2.56 bits per heavy atom. The van der Waals surface area contributed by atoms with Gasteiger partial charge in [-0.25, -0.2) is 17.5 Å². The van der Waals surface area contributed by atoms with Gasteiger partial charge in [-0.05, 0) is 19.4 Å². The Morgan fingerprint density at radius 2 is 2.11 bits per heavy atom. The molecular formula is C11H17NO4S2. The Morgan fingerprint density at radius 1 is 1.50 bits per heavy atom. The minimum absolute atomic E-state index is 0.0509. The zero-order valence-electron chi connectivity index (χ0n) is 10.6. The molecule has 0 unspecified atom stereocenters. The van der Waals surface area contributed by atoms with E-state index >= 15 is 0 Å². The van der Waals surface area contributed by atoms with E-state index in [1.165, 1.54) is 17.4 Å². The third-order valence-electron chi connectivity index (χ3n) is 2.60. The number of unbranched alkanes of at least 4 members (excludes halogenated alkanes) is 1. The predicted octanol–water partition coefficient (Wildman–Crippen LogP) is 2.18. The average molecular weight is 291 g/mol. The highest BCUT2D eigenvalue weighted by atomic mass is 32.2. The Balaban J connectivity index is 3.08. The molecule has 1 N–H and O–H groups in total. The summed E-state index contributed by atoms with van der Waals surface area (Å²) in [4.78, 5) is 11.5. The number of carboxylic acids is 1. The minimum atomic E-state index is -3.57. The maximum Gasteiger partial charge on any atom is 0.345 e. The van der Waals surface area contributed by atoms with Crippen LogP contribution in [0.1, 0.15) is 34.3 Å². The summed E-state index contributed by atoms with van der Waals surface area (Å²) in [6, 6.07) is 1.24. The van der Waals surface area contributed by atoms with Crippen molar-refractivity contribution in [2.75, 3.05) is 13.6 Å². The van der Waals surface area contributed by atoms with Crippen LogP contribution in [0.25, 0.3) is 0 Å². The quantitative estimate of drug-likeness (QED) is 0.871. The molecule has 1 rings (SSSR count). The molecule has 0 bridgehead atoms. The molecule has 0 saturated carbocycles. The highest BCUT2D eigenvalue weighted by molar-refractivity contribution is 7.89. The van der Waals surface area contributed by atoms with Crippen molar-refractivity contribution in [3.8, 4) is 0 Å². The van der Waals surface area contributed by atoms with Gasteiger partial charge in [-0.3, -0.25) is 0 Å². The Kier molecular flexibility index (Phi) is 4.89. The third-order valence-corrected chi connectivity index (χ3v) is 5.75. The lowest BCUT2D eigenvalue weighted by atomic mass is 10.3. The number of hydrogen-bond acceptors (Lipinski definition) is 4. The Bertz CT molecular complexity index is 533. The molecule has 1 aromatic heterocycles. The molecule has 0 aromatic carbocycles. The topological polar surface area (TPSA) is 74.7 Å². The van der Waals surface area contributed by atoms with Crippen LogP contribution in [0.5, 0.6) is 0 Å². The van der Waals surface area contributed by atoms with E-state index in [0.717, 1.165) is 24.2 Å². The van der Waals surface area contributed by atoms with E-state index in [1.807, 2.05) is 6.92 Å². The molecule has 1 heterocycles. The van der Waals surface area contributed by atoms with Gasteiger partial charge in [0.05, 0.1) is 4.90 Å². The summed E-state index contributed by atoms with van der Waals surface area (Å²) in [5, 5.41) is 8.87. The van der Waals surface area contributed by atoms with Gasteiger partial charge >= 0.3 is 5.97 Å². The molecule has 1 aromatic rings. The van der Waals surface area contributed by atoms with Crippen molar-refractivity contribution in [3.05, 3.63) is 15.8 Å². The first-order valence-corrected chi connectivity index (χ1v) is 7.86. The first-order valence-electron chi connectivity index (χ1n) is 5.60. The lowest BCUT2D eigenvalue weighted by Gasteiger charge is -2.16. The van der Waals surface area contributed by atoms with Gasteiger partial charge in [0.15, 0.2) is 0 Å². The zero-order valence-corrected chi connectivity index (χ0v) is 12.3. The summed E-state index contributed by atoms with van der Waals surface area (Å²) >= 11 is 0.985. The third kappa shape index (κ3) is 3.09. The van der Waals surface area contributed by atoms with Crippen LogP contribution in [-0.4, -0.2) is 37.4 Å². The second kappa shape index (κ2) is 5.81. The highest BCUT2D eigenvalue weighted by Crippen LogP contribution is 2.27. The second-order valence-corrected chi connectivity index (χ2v) is 7.29. The van der Waals surface area contributed by atoms with E-state index in [0.29, 0.717) is 11.4 Å². The Labute approximate surface area is 111 Å². The molecule has 0 saturated heterocycles. The molecule has 0 amide bonds. The van der Waals surface area contributed by atoms with Gasteiger partial charge < -0.3 is 5.11 Å².